The molecule has 16 heavy (non-hydrogen) atoms. The minimum Gasteiger partial charge on any atom is -0.458 e. The van der Waals surface area contributed by atoms with Crippen molar-refractivity contribution in [3.63, 3.8) is 0 Å². The van der Waals surface area contributed by atoms with E-state index in [1.165, 1.54) is 0 Å². The van der Waals surface area contributed by atoms with Crippen LogP contribution in [-0.4, -0.2) is 11.9 Å². The molecule has 1 aliphatic heterocycles. The van der Waals surface area contributed by atoms with E-state index in [4.69, 9.17) is 16.3 Å². The molecule has 4 heteroatoms. The van der Waals surface area contributed by atoms with Crippen molar-refractivity contribution in [1.29, 1.82) is 0 Å². The van der Waals surface area contributed by atoms with Crippen molar-refractivity contribution in [2.45, 2.75) is 0 Å². The summed E-state index contributed by atoms with van der Waals surface area (Å²) in [7, 11) is 0. The van der Waals surface area contributed by atoms with Crippen LogP contribution in [0.2, 0.25) is 5.02 Å². The first kappa shape index (κ1) is 9.76. The lowest BCUT2D eigenvalue weighted by molar-refractivity contribution is 0.480. The largest absolute Gasteiger partial charge is 0.458 e. The van der Waals surface area contributed by atoms with Gasteiger partial charge in [0.2, 0.25) is 0 Å². The zero-order valence-electron chi connectivity index (χ0n) is 8.35. The van der Waals surface area contributed by atoms with Gasteiger partial charge in [0.15, 0.2) is 0 Å². The first-order valence-corrected chi connectivity index (χ1v) is 5.38. The maximum Gasteiger partial charge on any atom is 0.366 e. The average Bonchev–Trinajstić information content (AvgIpc) is 2.31. The van der Waals surface area contributed by atoms with Gasteiger partial charge >= 0.3 is 6.92 Å². The minimum atomic E-state index is -0.668. The van der Waals surface area contributed by atoms with Crippen LogP contribution in [0.5, 0.6) is 11.5 Å². The van der Waals surface area contributed by atoms with Crippen LogP contribution < -0.4 is 15.7 Å². The Labute approximate surface area is 98.6 Å². The molecule has 0 aromatic heterocycles. The monoisotopic (exact) mass is 230 g/mol. The van der Waals surface area contributed by atoms with Crippen molar-refractivity contribution in [2.24, 2.45) is 0 Å². The molecule has 78 valence electrons. The molecule has 0 saturated carbocycles. The van der Waals surface area contributed by atoms with Gasteiger partial charge in [-0.1, -0.05) is 29.8 Å². The fourth-order valence-electron chi connectivity index (χ4n) is 1.91. The van der Waals surface area contributed by atoms with Crippen LogP contribution in [0.25, 0.3) is 0 Å². The molecule has 2 aromatic rings. The van der Waals surface area contributed by atoms with E-state index in [9.17, 15) is 5.02 Å². The Morgan fingerprint density at radius 3 is 2.62 bits per heavy atom. The van der Waals surface area contributed by atoms with E-state index in [0.717, 1.165) is 5.46 Å². The van der Waals surface area contributed by atoms with Gasteiger partial charge in [0, 0.05) is 10.5 Å². The van der Waals surface area contributed by atoms with Crippen LogP contribution in [0.4, 0.5) is 0 Å². The molecule has 1 heterocycles. The molecule has 3 rings (SSSR count). The summed E-state index contributed by atoms with van der Waals surface area (Å²) >= 11 is 5.90. The molecule has 2 nitrogen and oxygen atoms in total. The van der Waals surface area contributed by atoms with Crippen LogP contribution in [0.15, 0.2) is 42.5 Å². The van der Waals surface area contributed by atoms with Gasteiger partial charge in [-0.3, -0.25) is 0 Å². The summed E-state index contributed by atoms with van der Waals surface area (Å²) in [6.07, 6.45) is 0. The summed E-state index contributed by atoms with van der Waals surface area (Å²) in [6, 6.07) is 12.7. The molecule has 0 bridgehead atoms. The van der Waals surface area contributed by atoms with E-state index in [1.54, 1.807) is 18.2 Å². The maximum atomic E-state index is 10.2. The van der Waals surface area contributed by atoms with Crippen molar-refractivity contribution in [3.05, 3.63) is 47.5 Å². The SMILES string of the molecule is OB1c2ccccc2Oc2ccc(Cl)cc21. The van der Waals surface area contributed by atoms with Crippen LogP contribution >= 0.6 is 11.6 Å². The Morgan fingerprint density at radius 2 is 1.75 bits per heavy atom. The molecule has 0 atom stereocenters. The zero-order chi connectivity index (χ0) is 11.1. The second-order valence-electron chi connectivity index (χ2n) is 3.72. The molecule has 0 saturated heterocycles. The average molecular weight is 230 g/mol. The predicted octanol–water partition coefficient (Wildman–Crippen LogP) is 1.54. The Bertz CT molecular complexity index is 556. The summed E-state index contributed by atoms with van der Waals surface area (Å²) in [5.74, 6) is 1.36. The zero-order valence-corrected chi connectivity index (χ0v) is 9.11. The number of rotatable bonds is 0. The fourth-order valence-corrected chi connectivity index (χ4v) is 2.09. The Morgan fingerprint density at radius 1 is 1.00 bits per heavy atom. The second kappa shape index (κ2) is 3.54. The third-order valence-corrected chi connectivity index (χ3v) is 2.94. The van der Waals surface area contributed by atoms with Crippen LogP contribution in [0.3, 0.4) is 0 Å². The molecule has 0 radical (unpaired) electrons. The molecule has 1 aliphatic rings. The molecule has 0 aliphatic carbocycles. The third kappa shape index (κ3) is 1.40. The molecule has 1 N–H and O–H groups in total. The highest BCUT2D eigenvalue weighted by molar-refractivity contribution is 6.81. The summed E-state index contributed by atoms with van der Waals surface area (Å²) in [6.45, 7) is -0.668. The van der Waals surface area contributed by atoms with Gasteiger partial charge < -0.3 is 9.76 Å². The molecule has 2 aromatic carbocycles. The first-order chi connectivity index (χ1) is 7.75. The van der Waals surface area contributed by atoms with Gasteiger partial charge in [0.25, 0.3) is 0 Å². The molecule has 0 fully saturated rings. The van der Waals surface area contributed by atoms with E-state index >= 15 is 0 Å². The van der Waals surface area contributed by atoms with Gasteiger partial charge in [-0.2, -0.15) is 0 Å². The molecule has 0 amide bonds. The maximum absolute atomic E-state index is 10.2. The molecule has 0 spiro atoms. The molecular weight excluding hydrogens is 222 g/mol. The van der Waals surface area contributed by atoms with Crippen LogP contribution in [-0.2, 0) is 0 Å². The van der Waals surface area contributed by atoms with E-state index < -0.39 is 6.92 Å². The second-order valence-corrected chi connectivity index (χ2v) is 4.16. The Kier molecular flexibility index (Phi) is 2.16. The number of hydrogen-bond donors (Lipinski definition) is 1. The molecule has 0 unspecified atom stereocenters. The number of benzene rings is 2. The standard InChI is InChI=1S/C12H8BClO2/c14-8-5-6-12-10(7-8)13(15)9-3-1-2-4-11(9)16-12/h1-7,15H. The van der Waals surface area contributed by atoms with Crippen LogP contribution in [0, 0.1) is 0 Å². The van der Waals surface area contributed by atoms with Gasteiger partial charge in [-0.25, -0.2) is 0 Å². The number of para-hydroxylation sites is 1. The summed E-state index contributed by atoms with van der Waals surface area (Å²) < 4.78 is 5.68. The molecular formula is C12H8BClO2. The van der Waals surface area contributed by atoms with Gasteiger partial charge in [-0.05, 0) is 29.7 Å². The number of hydrogen-bond acceptors (Lipinski definition) is 2. The highest BCUT2D eigenvalue weighted by Gasteiger charge is 2.29. The summed E-state index contributed by atoms with van der Waals surface area (Å²) in [5, 5.41) is 10.8. The van der Waals surface area contributed by atoms with Gasteiger partial charge in [0.1, 0.15) is 11.5 Å². The fraction of sp³-hybridized carbons (Fsp3) is 0. The smallest absolute Gasteiger partial charge is 0.366 e. The topological polar surface area (TPSA) is 29.5 Å². The van der Waals surface area contributed by atoms with E-state index in [2.05, 4.69) is 0 Å². The first-order valence-electron chi connectivity index (χ1n) is 5.00. The number of fused-ring (bicyclic) bond motifs is 2. The van der Waals surface area contributed by atoms with E-state index in [0.29, 0.717) is 22.0 Å². The van der Waals surface area contributed by atoms with Gasteiger partial charge in [0.05, 0.1) is 0 Å². The van der Waals surface area contributed by atoms with E-state index in [-0.39, 0.29) is 0 Å². The van der Waals surface area contributed by atoms with Crippen molar-refractivity contribution < 1.29 is 9.76 Å². The summed E-state index contributed by atoms with van der Waals surface area (Å²) in [4.78, 5) is 0. The highest BCUT2D eigenvalue weighted by atomic mass is 35.5. The summed E-state index contributed by atoms with van der Waals surface area (Å²) in [5.41, 5.74) is 1.49. The third-order valence-electron chi connectivity index (χ3n) is 2.70. The lowest BCUT2D eigenvalue weighted by atomic mass is 9.54. The lowest BCUT2D eigenvalue weighted by Crippen LogP contribution is -2.46. The van der Waals surface area contributed by atoms with Gasteiger partial charge in [-0.15, -0.1) is 0 Å². The Balaban J connectivity index is 2.19. The number of halogens is 1. The highest BCUT2D eigenvalue weighted by Crippen LogP contribution is 2.24. The predicted molar refractivity (Wildman–Crippen MR) is 65.2 cm³/mol. The number of ether oxygens (including phenoxy) is 1. The van der Waals surface area contributed by atoms with Crippen molar-refractivity contribution >= 4 is 29.4 Å². The van der Waals surface area contributed by atoms with Crippen molar-refractivity contribution in [2.75, 3.05) is 0 Å². The normalized spacial score (nSPS) is 12.8. The van der Waals surface area contributed by atoms with Crippen LogP contribution in [0.1, 0.15) is 0 Å². The van der Waals surface area contributed by atoms with E-state index in [1.807, 2.05) is 24.3 Å². The van der Waals surface area contributed by atoms with Crippen molar-refractivity contribution in [3.8, 4) is 11.5 Å². The quantitative estimate of drug-likeness (QED) is 0.696. The lowest BCUT2D eigenvalue weighted by Gasteiger charge is -2.22. The Hall–Kier alpha value is -1.45. The minimum absolute atomic E-state index is 0.598. The van der Waals surface area contributed by atoms with Crippen molar-refractivity contribution in [1.82, 2.24) is 0 Å².